The Morgan fingerprint density at radius 2 is 1.96 bits per heavy atom. The summed E-state index contributed by atoms with van der Waals surface area (Å²) >= 11 is 0. The highest BCUT2D eigenvalue weighted by molar-refractivity contribution is 5.91. The van der Waals surface area contributed by atoms with Crippen LogP contribution in [-0.4, -0.2) is 19.6 Å². The SMILES string of the molecule is Cc1cc(-c2c(C(F)(F)F)ccn3cc(C(F)F)nc23)cc2cn[nH]c12. The van der Waals surface area contributed by atoms with Crippen LogP contribution in [-0.2, 0) is 6.18 Å². The highest BCUT2D eigenvalue weighted by Crippen LogP contribution is 2.40. The Labute approximate surface area is 143 Å². The van der Waals surface area contributed by atoms with Crippen molar-refractivity contribution in [3.63, 3.8) is 0 Å². The quantitative estimate of drug-likeness (QED) is 0.499. The van der Waals surface area contributed by atoms with Gasteiger partial charge in [0.1, 0.15) is 11.3 Å². The Bertz CT molecular complexity index is 1120. The van der Waals surface area contributed by atoms with Gasteiger partial charge in [0, 0.05) is 23.3 Å². The average Bonchev–Trinajstić information content (AvgIpc) is 3.19. The molecule has 0 aliphatic rings. The van der Waals surface area contributed by atoms with Crippen molar-refractivity contribution in [2.45, 2.75) is 19.5 Å². The van der Waals surface area contributed by atoms with Gasteiger partial charge in [-0.25, -0.2) is 13.8 Å². The molecule has 9 heteroatoms. The molecule has 134 valence electrons. The van der Waals surface area contributed by atoms with Crippen LogP contribution in [0.5, 0.6) is 0 Å². The smallest absolute Gasteiger partial charge is 0.306 e. The van der Waals surface area contributed by atoms with Gasteiger partial charge in [0.2, 0.25) is 0 Å². The number of pyridine rings is 1. The molecule has 1 N–H and O–H groups in total. The zero-order chi connectivity index (χ0) is 18.6. The number of nitrogens with zero attached hydrogens (tertiary/aromatic N) is 3. The summed E-state index contributed by atoms with van der Waals surface area (Å²) in [4.78, 5) is 3.75. The molecule has 3 heterocycles. The molecule has 4 nitrogen and oxygen atoms in total. The largest absolute Gasteiger partial charge is 0.417 e. The van der Waals surface area contributed by atoms with Crippen molar-refractivity contribution >= 4 is 16.6 Å². The van der Waals surface area contributed by atoms with E-state index in [1.165, 1.54) is 16.7 Å². The molecule has 3 aromatic heterocycles. The van der Waals surface area contributed by atoms with Crippen LogP contribution in [0, 0.1) is 6.92 Å². The summed E-state index contributed by atoms with van der Waals surface area (Å²) in [6.07, 6.45) is -3.92. The number of benzene rings is 1. The van der Waals surface area contributed by atoms with Gasteiger partial charge >= 0.3 is 6.18 Å². The van der Waals surface area contributed by atoms with Crippen molar-refractivity contribution in [3.8, 4) is 11.1 Å². The van der Waals surface area contributed by atoms with E-state index < -0.39 is 23.9 Å². The summed E-state index contributed by atoms with van der Waals surface area (Å²) < 4.78 is 67.9. The van der Waals surface area contributed by atoms with Gasteiger partial charge in [-0.15, -0.1) is 0 Å². The third-order valence-electron chi connectivity index (χ3n) is 4.21. The molecule has 4 rings (SSSR count). The molecule has 0 fully saturated rings. The first-order valence-electron chi connectivity index (χ1n) is 7.57. The number of hydrogen-bond donors (Lipinski definition) is 1. The zero-order valence-electron chi connectivity index (χ0n) is 13.3. The van der Waals surface area contributed by atoms with E-state index in [4.69, 9.17) is 0 Å². The number of aryl methyl sites for hydroxylation is 1. The first-order chi connectivity index (χ1) is 12.3. The fourth-order valence-corrected chi connectivity index (χ4v) is 3.08. The number of halogens is 5. The number of rotatable bonds is 2. The number of hydrogen-bond acceptors (Lipinski definition) is 2. The predicted molar refractivity (Wildman–Crippen MR) is 85.0 cm³/mol. The predicted octanol–water partition coefficient (Wildman–Crippen LogP) is 5.14. The minimum atomic E-state index is -4.66. The van der Waals surface area contributed by atoms with Gasteiger partial charge in [0.15, 0.2) is 0 Å². The Hall–Kier alpha value is -2.97. The third kappa shape index (κ3) is 2.51. The molecular weight excluding hydrogens is 355 g/mol. The van der Waals surface area contributed by atoms with Crippen LogP contribution in [0.25, 0.3) is 27.7 Å². The minimum Gasteiger partial charge on any atom is -0.306 e. The molecule has 26 heavy (non-hydrogen) atoms. The maximum atomic E-state index is 13.6. The fraction of sp³-hybridized carbons (Fsp3) is 0.176. The molecule has 0 bridgehead atoms. The van der Waals surface area contributed by atoms with Crippen LogP contribution in [0.2, 0.25) is 0 Å². The van der Waals surface area contributed by atoms with Gasteiger partial charge in [0.05, 0.1) is 17.3 Å². The first kappa shape index (κ1) is 16.5. The van der Waals surface area contributed by atoms with Crippen LogP contribution >= 0.6 is 0 Å². The monoisotopic (exact) mass is 366 g/mol. The van der Waals surface area contributed by atoms with E-state index in [0.717, 1.165) is 18.5 Å². The van der Waals surface area contributed by atoms with Gasteiger partial charge in [-0.05, 0) is 36.2 Å². The van der Waals surface area contributed by atoms with E-state index in [2.05, 4.69) is 15.2 Å². The topological polar surface area (TPSA) is 46.0 Å². The number of aromatic amines is 1. The number of aromatic nitrogens is 4. The van der Waals surface area contributed by atoms with Crippen LogP contribution in [0.1, 0.15) is 23.2 Å². The summed E-state index contributed by atoms with van der Waals surface area (Å²) in [6.45, 7) is 1.73. The molecule has 0 saturated heterocycles. The number of alkyl halides is 5. The fourth-order valence-electron chi connectivity index (χ4n) is 3.08. The molecule has 0 saturated carbocycles. The Kier molecular flexibility index (Phi) is 3.50. The summed E-state index contributed by atoms with van der Waals surface area (Å²) in [7, 11) is 0. The lowest BCUT2D eigenvalue weighted by Gasteiger charge is -2.15. The van der Waals surface area contributed by atoms with Crippen molar-refractivity contribution < 1.29 is 22.0 Å². The standard InChI is InChI=1S/C17H11F5N4/c1-8-4-9(5-10-6-23-25-14(8)10)13-11(17(20,21)22)2-3-26-7-12(15(18)19)24-16(13)26/h2-7,15H,1H3,(H,23,25). The van der Waals surface area contributed by atoms with Crippen molar-refractivity contribution in [2.24, 2.45) is 0 Å². The van der Waals surface area contributed by atoms with Crippen molar-refractivity contribution in [1.82, 2.24) is 19.6 Å². The van der Waals surface area contributed by atoms with Crippen LogP contribution in [0.4, 0.5) is 22.0 Å². The number of fused-ring (bicyclic) bond motifs is 2. The second-order valence-electron chi connectivity index (χ2n) is 5.93. The van der Waals surface area contributed by atoms with Gasteiger partial charge in [-0.1, -0.05) is 0 Å². The van der Waals surface area contributed by atoms with E-state index in [-0.39, 0.29) is 16.8 Å². The molecule has 0 radical (unpaired) electrons. The van der Waals surface area contributed by atoms with Crippen LogP contribution in [0.3, 0.4) is 0 Å². The van der Waals surface area contributed by atoms with Crippen LogP contribution < -0.4 is 0 Å². The van der Waals surface area contributed by atoms with Crippen molar-refractivity contribution in [1.29, 1.82) is 0 Å². The highest BCUT2D eigenvalue weighted by Gasteiger charge is 2.35. The molecule has 0 aliphatic heterocycles. The highest BCUT2D eigenvalue weighted by atomic mass is 19.4. The van der Waals surface area contributed by atoms with Gasteiger partial charge in [0.25, 0.3) is 6.43 Å². The van der Waals surface area contributed by atoms with Crippen LogP contribution in [0.15, 0.2) is 36.8 Å². The number of nitrogens with one attached hydrogen (secondary N) is 1. The lowest BCUT2D eigenvalue weighted by Crippen LogP contribution is -2.09. The summed E-state index contributed by atoms with van der Waals surface area (Å²) in [5.41, 5.74) is -0.293. The van der Waals surface area contributed by atoms with Gasteiger partial charge in [-0.3, -0.25) is 5.10 Å². The lowest BCUT2D eigenvalue weighted by atomic mass is 9.97. The normalized spacial score (nSPS) is 12.6. The molecule has 0 spiro atoms. The Morgan fingerprint density at radius 3 is 2.65 bits per heavy atom. The maximum absolute atomic E-state index is 13.6. The van der Waals surface area contributed by atoms with Crippen molar-refractivity contribution in [3.05, 3.63) is 53.6 Å². The molecule has 0 amide bonds. The first-order valence-corrected chi connectivity index (χ1v) is 7.57. The minimum absolute atomic E-state index is 0.169. The zero-order valence-corrected chi connectivity index (χ0v) is 13.3. The van der Waals surface area contributed by atoms with E-state index in [0.29, 0.717) is 16.5 Å². The lowest BCUT2D eigenvalue weighted by molar-refractivity contribution is -0.137. The van der Waals surface area contributed by atoms with Gasteiger partial charge in [-0.2, -0.15) is 18.3 Å². The summed E-state index contributed by atoms with van der Waals surface area (Å²) in [6, 6.07) is 3.96. The molecule has 0 aliphatic carbocycles. The van der Waals surface area contributed by atoms with E-state index in [9.17, 15) is 22.0 Å². The molecule has 1 aromatic carbocycles. The Balaban J connectivity index is 2.09. The summed E-state index contributed by atoms with van der Waals surface area (Å²) in [5.74, 6) is 0. The second-order valence-corrected chi connectivity index (χ2v) is 5.93. The van der Waals surface area contributed by atoms with Crippen molar-refractivity contribution in [2.75, 3.05) is 0 Å². The summed E-state index contributed by atoms with van der Waals surface area (Å²) in [5, 5.41) is 7.29. The average molecular weight is 366 g/mol. The number of H-pyrrole nitrogens is 1. The van der Waals surface area contributed by atoms with E-state index in [1.54, 1.807) is 13.0 Å². The Morgan fingerprint density at radius 1 is 1.19 bits per heavy atom. The molecule has 4 aromatic rings. The second kappa shape index (κ2) is 5.52. The maximum Gasteiger partial charge on any atom is 0.417 e. The molecular formula is C17H11F5N4. The van der Waals surface area contributed by atoms with E-state index >= 15 is 0 Å². The van der Waals surface area contributed by atoms with E-state index in [1.807, 2.05) is 0 Å². The number of imidazole rings is 1. The van der Waals surface area contributed by atoms with Gasteiger partial charge < -0.3 is 4.40 Å². The molecule has 0 unspecified atom stereocenters. The third-order valence-corrected chi connectivity index (χ3v) is 4.21. The molecule has 0 atom stereocenters.